The Bertz CT molecular complexity index is 178. The van der Waals surface area contributed by atoms with Gasteiger partial charge in [0, 0.05) is 0 Å². The van der Waals surface area contributed by atoms with Gasteiger partial charge in [0.1, 0.15) is 0 Å². The topological polar surface area (TPSA) is 0 Å². The van der Waals surface area contributed by atoms with Crippen LogP contribution < -0.4 is 0 Å². The third-order valence-electron chi connectivity index (χ3n) is 3.82. The molecule has 0 saturated heterocycles. The van der Waals surface area contributed by atoms with E-state index in [1.165, 1.54) is 83.5 Å². The maximum Gasteiger partial charge on any atom is -0.0316 e. The molecule has 0 aliphatic heterocycles. The van der Waals surface area contributed by atoms with E-state index in [1.807, 2.05) is 6.08 Å². The molecular weight excluding hydrogens is 228 g/mol. The van der Waals surface area contributed by atoms with E-state index in [1.54, 1.807) is 0 Å². The quantitative estimate of drug-likeness (QED) is 0.294. The Labute approximate surface area is 123 Å². The van der Waals surface area contributed by atoms with Gasteiger partial charge >= 0.3 is 0 Å². The lowest BCUT2D eigenvalue weighted by molar-refractivity contribution is 0.504. The zero-order chi connectivity index (χ0) is 14.2. The summed E-state index contributed by atoms with van der Waals surface area (Å²) < 4.78 is 0. The maximum atomic E-state index is 3.71. The molecule has 0 saturated carbocycles. The summed E-state index contributed by atoms with van der Waals surface area (Å²) in [6.07, 6.45) is 22.6. The summed E-state index contributed by atoms with van der Waals surface area (Å²) >= 11 is 0. The zero-order valence-corrected chi connectivity index (χ0v) is 13.6. The lowest BCUT2D eigenvalue weighted by atomic mass is 10.0. The van der Waals surface area contributed by atoms with Gasteiger partial charge in [-0.25, -0.2) is 0 Å². The molecule has 0 aromatic heterocycles. The fourth-order valence-electron chi connectivity index (χ4n) is 2.52. The van der Waals surface area contributed by atoms with E-state index in [9.17, 15) is 0 Å². The first-order valence-electron chi connectivity index (χ1n) is 8.71. The summed E-state index contributed by atoms with van der Waals surface area (Å²) in [4.78, 5) is 0. The average Bonchev–Trinajstić information content (AvgIpc) is 2.39. The largest absolute Gasteiger partial charge is 0.0885 e. The molecule has 0 aliphatic rings. The van der Waals surface area contributed by atoms with E-state index in [4.69, 9.17) is 0 Å². The highest BCUT2D eigenvalue weighted by Gasteiger charge is 1.95. The van der Waals surface area contributed by atoms with Crippen molar-refractivity contribution in [3.63, 3.8) is 0 Å². The number of hydrogen-bond donors (Lipinski definition) is 0. The first-order chi connectivity index (χ1) is 9.27. The second-order valence-corrected chi connectivity index (χ2v) is 6.33. The molecule has 0 atom stereocenters. The smallest absolute Gasteiger partial charge is 0.0316 e. The predicted octanol–water partition coefficient (Wildman–Crippen LogP) is 7.10. The fraction of sp³-hybridized carbons (Fsp3) is 0.842. The molecule has 0 amide bonds. The van der Waals surface area contributed by atoms with Crippen molar-refractivity contribution < 1.29 is 0 Å². The van der Waals surface area contributed by atoms with Gasteiger partial charge in [0.2, 0.25) is 0 Å². The second kappa shape index (κ2) is 15.8. The van der Waals surface area contributed by atoms with Gasteiger partial charge in [0.25, 0.3) is 0 Å². The minimum atomic E-state index is 0.893. The van der Waals surface area contributed by atoms with Crippen molar-refractivity contribution in [3.05, 3.63) is 19.1 Å². The fourth-order valence-corrected chi connectivity index (χ4v) is 2.52. The number of rotatable bonds is 14. The number of unbranched alkanes of at least 4 members (excludes halogenated alkanes) is 11. The Morgan fingerprint density at radius 1 is 0.684 bits per heavy atom. The number of hydrogen-bond acceptors (Lipinski definition) is 0. The van der Waals surface area contributed by atoms with E-state index in [2.05, 4.69) is 26.8 Å². The van der Waals surface area contributed by atoms with Gasteiger partial charge in [-0.2, -0.15) is 0 Å². The molecule has 0 unspecified atom stereocenters. The molecule has 0 heteroatoms. The first-order valence-corrected chi connectivity index (χ1v) is 8.71. The van der Waals surface area contributed by atoms with Gasteiger partial charge in [0.15, 0.2) is 0 Å². The van der Waals surface area contributed by atoms with Crippen LogP contribution in [0.1, 0.15) is 97.3 Å². The van der Waals surface area contributed by atoms with Crippen molar-refractivity contribution in [1.82, 2.24) is 0 Å². The van der Waals surface area contributed by atoms with Crippen LogP contribution in [0.25, 0.3) is 0 Å². The highest BCUT2D eigenvalue weighted by Crippen LogP contribution is 2.14. The summed E-state index contributed by atoms with van der Waals surface area (Å²) in [5.74, 6) is 0.893. The van der Waals surface area contributed by atoms with Crippen molar-refractivity contribution in [1.29, 1.82) is 0 Å². The minimum absolute atomic E-state index is 0.893. The summed E-state index contributed by atoms with van der Waals surface area (Å²) in [6, 6.07) is 0. The minimum Gasteiger partial charge on any atom is -0.0885 e. The van der Waals surface area contributed by atoms with Crippen LogP contribution in [0.3, 0.4) is 0 Å². The van der Waals surface area contributed by atoms with E-state index in [-0.39, 0.29) is 0 Å². The van der Waals surface area contributed by atoms with Crippen molar-refractivity contribution in [2.75, 3.05) is 0 Å². The van der Waals surface area contributed by atoms with Gasteiger partial charge in [-0.05, 0) is 25.7 Å². The highest BCUT2D eigenvalue weighted by atomic mass is 14.0. The van der Waals surface area contributed by atoms with Crippen LogP contribution in [0.4, 0.5) is 0 Å². The summed E-state index contributed by atoms with van der Waals surface area (Å²) in [5, 5.41) is 0. The summed E-state index contributed by atoms with van der Waals surface area (Å²) in [7, 11) is 0. The second-order valence-electron chi connectivity index (χ2n) is 6.33. The normalized spacial score (nSPS) is 11.8. The predicted molar refractivity (Wildman–Crippen MR) is 89.4 cm³/mol. The van der Waals surface area contributed by atoms with Gasteiger partial charge in [-0.1, -0.05) is 96.6 Å². The third kappa shape index (κ3) is 17.7. The van der Waals surface area contributed by atoms with E-state index >= 15 is 0 Å². The molecule has 0 N–H and O–H groups in total. The first kappa shape index (κ1) is 18.7. The lowest BCUT2D eigenvalue weighted by Gasteiger charge is -2.04. The highest BCUT2D eigenvalue weighted by molar-refractivity contribution is 4.83. The summed E-state index contributed by atoms with van der Waals surface area (Å²) in [5.41, 5.74) is 0. The summed E-state index contributed by atoms with van der Waals surface area (Å²) in [6.45, 7) is 8.37. The molecule has 0 bridgehead atoms. The van der Waals surface area contributed by atoms with Gasteiger partial charge < -0.3 is 0 Å². The third-order valence-corrected chi connectivity index (χ3v) is 3.82. The molecule has 0 nitrogen and oxygen atoms in total. The van der Waals surface area contributed by atoms with E-state index in [0.29, 0.717) is 0 Å². The van der Waals surface area contributed by atoms with Crippen LogP contribution in [0.15, 0.2) is 12.2 Å². The number of allylic oxidation sites excluding steroid dienone is 2. The molecular formula is C19H37. The molecule has 0 rings (SSSR count). The van der Waals surface area contributed by atoms with E-state index < -0.39 is 0 Å². The Hall–Kier alpha value is -0.260. The van der Waals surface area contributed by atoms with Gasteiger partial charge in [0.05, 0.1) is 0 Å². The molecule has 0 spiro atoms. The van der Waals surface area contributed by atoms with Crippen LogP contribution >= 0.6 is 0 Å². The van der Waals surface area contributed by atoms with Gasteiger partial charge in [-0.3, -0.25) is 0 Å². The molecule has 113 valence electrons. The molecule has 0 aromatic rings. The zero-order valence-electron chi connectivity index (χ0n) is 13.6. The maximum absolute atomic E-state index is 3.71. The van der Waals surface area contributed by atoms with Crippen molar-refractivity contribution in [2.24, 2.45) is 5.92 Å². The Morgan fingerprint density at radius 3 is 1.53 bits per heavy atom. The Morgan fingerprint density at radius 2 is 1.11 bits per heavy atom. The van der Waals surface area contributed by atoms with Crippen LogP contribution in [-0.2, 0) is 0 Å². The SMILES string of the molecule is [CH2]C=CCCCCCCCCCCCCCC(C)C. The molecule has 1 radical (unpaired) electrons. The van der Waals surface area contributed by atoms with Crippen LogP contribution in [0.2, 0.25) is 0 Å². The van der Waals surface area contributed by atoms with Crippen LogP contribution in [0.5, 0.6) is 0 Å². The molecule has 0 heterocycles. The molecule has 0 fully saturated rings. The van der Waals surface area contributed by atoms with Gasteiger partial charge in [-0.15, -0.1) is 0 Å². The Balaban J connectivity index is 2.95. The van der Waals surface area contributed by atoms with E-state index in [0.717, 1.165) is 5.92 Å². The van der Waals surface area contributed by atoms with Crippen molar-refractivity contribution >= 4 is 0 Å². The van der Waals surface area contributed by atoms with Crippen LogP contribution in [0, 0.1) is 12.8 Å². The monoisotopic (exact) mass is 265 g/mol. The van der Waals surface area contributed by atoms with Crippen LogP contribution in [-0.4, -0.2) is 0 Å². The molecule has 0 aromatic carbocycles. The van der Waals surface area contributed by atoms with Crippen molar-refractivity contribution in [2.45, 2.75) is 97.3 Å². The average molecular weight is 266 g/mol. The van der Waals surface area contributed by atoms with Crippen molar-refractivity contribution in [3.8, 4) is 0 Å². The molecule has 0 aliphatic carbocycles. The lowest BCUT2D eigenvalue weighted by Crippen LogP contribution is -1.87. The standard InChI is InChI=1S/C19H37/c1-4-5-6-7-8-9-10-11-12-13-14-15-16-17-18-19(2)3/h4-5,19H,1,6-18H2,2-3H3. The Kier molecular flexibility index (Phi) is 15.6. The molecule has 19 heavy (non-hydrogen) atoms.